The van der Waals surface area contributed by atoms with Gasteiger partial charge in [0.2, 0.25) is 5.91 Å². The van der Waals surface area contributed by atoms with Crippen LogP contribution in [0.3, 0.4) is 0 Å². The van der Waals surface area contributed by atoms with E-state index < -0.39 is 0 Å². The highest BCUT2D eigenvalue weighted by molar-refractivity contribution is 8.00. The van der Waals surface area contributed by atoms with Gasteiger partial charge in [0.05, 0.1) is 0 Å². The van der Waals surface area contributed by atoms with Gasteiger partial charge in [-0.05, 0) is 24.5 Å². The molecule has 0 aromatic carbocycles. The second kappa shape index (κ2) is 4.00. The molecule has 1 spiro atoms. The van der Waals surface area contributed by atoms with Gasteiger partial charge in [-0.3, -0.25) is 4.79 Å². The Balaban J connectivity index is 2.17. The van der Waals surface area contributed by atoms with Gasteiger partial charge >= 0.3 is 0 Å². The van der Waals surface area contributed by atoms with Gasteiger partial charge in [-0.25, -0.2) is 0 Å². The molecule has 3 unspecified atom stereocenters. The molecule has 2 saturated heterocycles. The van der Waals surface area contributed by atoms with Gasteiger partial charge in [-0.2, -0.15) is 11.8 Å². The largest absolute Gasteiger partial charge is 0.353 e. The Morgan fingerprint density at radius 2 is 2.33 bits per heavy atom. The van der Waals surface area contributed by atoms with Gasteiger partial charge in [-0.1, -0.05) is 20.8 Å². The second-order valence-electron chi connectivity index (χ2n) is 5.42. The van der Waals surface area contributed by atoms with Crippen LogP contribution in [0.25, 0.3) is 0 Å². The summed E-state index contributed by atoms with van der Waals surface area (Å²) >= 11 is 2.03. The molecule has 2 heterocycles. The van der Waals surface area contributed by atoms with Gasteiger partial charge < -0.3 is 5.32 Å². The van der Waals surface area contributed by atoms with Crippen molar-refractivity contribution in [1.29, 1.82) is 0 Å². The fourth-order valence-electron chi connectivity index (χ4n) is 3.06. The zero-order valence-corrected chi connectivity index (χ0v) is 10.7. The second-order valence-corrected chi connectivity index (χ2v) is 6.87. The highest BCUT2D eigenvalue weighted by Gasteiger charge is 2.52. The number of hydrogen-bond acceptors (Lipinski definition) is 2. The Kier molecular flexibility index (Phi) is 3.02. The molecule has 15 heavy (non-hydrogen) atoms. The molecule has 2 rings (SSSR count). The van der Waals surface area contributed by atoms with Crippen molar-refractivity contribution >= 4 is 17.7 Å². The van der Waals surface area contributed by atoms with Crippen molar-refractivity contribution in [2.24, 2.45) is 11.3 Å². The third-order valence-corrected chi connectivity index (χ3v) is 5.38. The summed E-state index contributed by atoms with van der Waals surface area (Å²) in [5.74, 6) is 2.17. The maximum atomic E-state index is 11.6. The SMILES string of the molecule is CC(C)CC1NC(=O)CC12CCSC2C. The van der Waals surface area contributed by atoms with Crippen LogP contribution in [0.1, 0.15) is 40.0 Å². The van der Waals surface area contributed by atoms with Crippen molar-refractivity contribution in [3.63, 3.8) is 0 Å². The van der Waals surface area contributed by atoms with Crippen LogP contribution in [-0.4, -0.2) is 23.0 Å². The van der Waals surface area contributed by atoms with Gasteiger partial charge in [0.15, 0.2) is 0 Å². The number of carbonyl (C=O) groups is 1. The zero-order valence-electron chi connectivity index (χ0n) is 9.88. The third-order valence-electron chi connectivity index (χ3n) is 3.97. The fraction of sp³-hybridized carbons (Fsp3) is 0.917. The van der Waals surface area contributed by atoms with Gasteiger partial charge in [0, 0.05) is 23.1 Å². The highest BCUT2D eigenvalue weighted by Crippen LogP contribution is 2.51. The predicted octanol–water partition coefficient (Wildman–Crippen LogP) is 2.43. The van der Waals surface area contributed by atoms with E-state index in [1.54, 1.807) is 0 Å². The molecule has 2 aliphatic rings. The van der Waals surface area contributed by atoms with Crippen molar-refractivity contribution in [1.82, 2.24) is 5.32 Å². The molecule has 3 heteroatoms. The zero-order chi connectivity index (χ0) is 11.1. The lowest BCUT2D eigenvalue weighted by molar-refractivity contribution is -0.119. The van der Waals surface area contributed by atoms with Crippen LogP contribution >= 0.6 is 11.8 Å². The van der Waals surface area contributed by atoms with E-state index in [1.165, 1.54) is 12.2 Å². The molecule has 3 atom stereocenters. The van der Waals surface area contributed by atoms with Gasteiger partial charge in [-0.15, -0.1) is 0 Å². The molecule has 0 aromatic heterocycles. The Bertz CT molecular complexity index is 266. The summed E-state index contributed by atoms with van der Waals surface area (Å²) in [5, 5.41) is 3.84. The smallest absolute Gasteiger partial charge is 0.220 e. The standard InChI is InChI=1S/C12H21NOS/c1-8(2)6-10-12(7-11(14)13-10)4-5-15-9(12)3/h8-10H,4-7H2,1-3H3,(H,13,14). The van der Waals surface area contributed by atoms with Gasteiger partial charge in [0.25, 0.3) is 0 Å². The van der Waals surface area contributed by atoms with Crippen molar-refractivity contribution in [2.45, 2.75) is 51.3 Å². The van der Waals surface area contributed by atoms with Crippen molar-refractivity contribution in [2.75, 3.05) is 5.75 Å². The van der Waals surface area contributed by atoms with E-state index in [4.69, 9.17) is 0 Å². The Labute approximate surface area is 96.6 Å². The summed E-state index contributed by atoms with van der Waals surface area (Å²) in [7, 11) is 0. The first-order chi connectivity index (χ1) is 7.04. The normalized spacial score (nSPS) is 40.4. The lowest BCUT2D eigenvalue weighted by atomic mass is 9.73. The summed E-state index contributed by atoms with van der Waals surface area (Å²) in [6, 6.07) is 0.426. The molecule has 2 nitrogen and oxygen atoms in total. The lowest BCUT2D eigenvalue weighted by Gasteiger charge is -2.34. The minimum absolute atomic E-state index is 0.270. The van der Waals surface area contributed by atoms with Crippen LogP contribution in [0.5, 0.6) is 0 Å². The topological polar surface area (TPSA) is 29.1 Å². The molecule has 1 amide bonds. The molecule has 0 radical (unpaired) electrons. The molecule has 2 fully saturated rings. The van der Waals surface area contributed by atoms with Crippen molar-refractivity contribution in [3.8, 4) is 0 Å². The van der Waals surface area contributed by atoms with Crippen LogP contribution in [0, 0.1) is 11.3 Å². The van der Waals surface area contributed by atoms with E-state index in [0.717, 1.165) is 12.8 Å². The van der Waals surface area contributed by atoms with E-state index in [0.29, 0.717) is 17.2 Å². The minimum atomic E-state index is 0.270. The number of carbonyl (C=O) groups excluding carboxylic acids is 1. The maximum absolute atomic E-state index is 11.6. The molecule has 2 aliphatic heterocycles. The van der Waals surface area contributed by atoms with Crippen LogP contribution < -0.4 is 5.32 Å². The van der Waals surface area contributed by atoms with E-state index in [-0.39, 0.29) is 11.3 Å². The predicted molar refractivity (Wildman–Crippen MR) is 65.0 cm³/mol. The molecular formula is C12H21NOS. The average molecular weight is 227 g/mol. The molecule has 86 valence electrons. The Morgan fingerprint density at radius 1 is 1.60 bits per heavy atom. The van der Waals surface area contributed by atoms with E-state index >= 15 is 0 Å². The van der Waals surface area contributed by atoms with E-state index in [1.807, 2.05) is 11.8 Å². The Morgan fingerprint density at radius 3 is 2.87 bits per heavy atom. The third kappa shape index (κ3) is 1.91. The molecule has 0 bridgehead atoms. The summed E-state index contributed by atoms with van der Waals surface area (Å²) in [5.41, 5.74) is 0.270. The van der Waals surface area contributed by atoms with Crippen LogP contribution in [0.15, 0.2) is 0 Å². The lowest BCUT2D eigenvalue weighted by Crippen LogP contribution is -2.41. The fourth-order valence-corrected chi connectivity index (χ4v) is 4.61. The number of nitrogens with one attached hydrogen (secondary N) is 1. The first-order valence-corrected chi connectivity index (χ1v) is 7.00. The number of thioether (sulfide) groups is 1. The molecule has 1 N–H and O–H groups in total. The van der Waals surface area contributed by atoms with E-state index in [2.05, 4.69) is 26.1 Å². The maximum Gasteiger partial charge on any atom is 0.220 e. The van der Waals surface area contributed by atoms with Gasteiger partial charge in [0.1, 0.15) is 0 Å². The Hall–Kier alpha value is -0.180. The van der Waals surface area contributed by atoms with E-state index in [9.17, 15) is 4.79 Å². The summed E-state index contributed by atoms with van der Waals surface area (Å²) in [6.45, 7) is 6.78. The van der Waals surface area contributed by atoms with Crippen LogP contribution in [0.4, 0.5) is 0 Å². The summed E-state index contributed by atoms with van der Waals surface area (Å²) in [6.07, 6.45) is 3.12. The van der Waals surface area contributed by atoms with Crippen LogP contribution in [0.2, 0.25) is 0 Å². The molecule has 0 aliphatic carbocycles. The number of amides is 1. The van der Waals surface area contributed by atoms with Crippen LogP contribution in [-0.2, 0) is 4.79 Å². The van der Waals surface area contributed by atoms with Crippen molar-refractivity contribution < 1.29 is 4.79 Å². The monoisotopic (exact) mass is 227 g/mol. The molecule has 0 aromatic rings. The number of hydrogen-bond donors (Lipinski definition) is 1. The first kappa shape index (κ1) is 11.3. The molecule has 0 saturated carbocycles. The summed E-state index contributed by atoms with van der Waals surface area (Å²) < 4.78 is 0. The number of rotatable bonds is 2. The quantitative estimate of drug-likeness (QED) is 0.785. The van der Waals surface area contributed by atoms with Crippen molar-refractivity contribution in [3.05, 3.63) is 0 Å². The minimum Gasteiger partial charge on any atom is -0.353 e. The molecular weight excluding hydrogens is 206 g/mol. The highest BCUT2D eigenvalue weighted by atomic mass is 32.2. The first-order valence-electron chi connectivity index (χ1n) is 5.95. The average Bonchev–Trinajstić information content (AvgIpc) is 2.60. The summed E-state index contributed by atoms with van der Waals surface area (Å²) in [4.78, 5) is 11.6.